The molecule has 1 saturated carbocycles. The average molecular weight is 298 g/mol. The maximum Gasteiger partial charge on any atom is 0.0834 e. The van der Waals surface area contributed by atoms with Crippen molar-refractivity contribution < 1.29 is 0 Å². The van der Waals surface area contributed by atoms with Crippen LogP contribution in [-0.4, -0.2) is 16.3 Å². The highest BCUT2D eigenvalue weighted by Crippen LogP contribution is 2.39. The van der Waals surface area contributed by atoms with Crippen LogP contribution in [0.25, 0.3) is 0 Å². The van der Waals surface area contributed by atoms with E-state index in [0.29, 0.717) is 12.0 Å². The Labute approximate surface area is 128 Å². The van der Waals surface area contributed by atoms with Crippen molar-refractivity contribution in [3.8, 4) is 0 Å². The Morgan fingerprint density at radius 3 is 2.90 bits per heavy atom. The molecule has 3 unspecified atom stereocenters. The molecule has 1 heterocycles. The fourth-order valence-electron chi connectivity index (χ4n) is 3.56. The van der Waals surface area contributed by atoms with Crippen LogP contribution in [0, 0.1) is 11.8 Å². The van der Waals surface area contributed by atoms with E-state index >= 15 is 0 Å². The van der Waals surface area contributed by atoms with E-state index in [-0.39, 0.29) is 0 Å². The summed E-state index contributed by atoms with van der Waals surface area (Å²) in [6, 6.07) is 0.351. The highest BCUT2D eigenvalue weighted by atomic mass is 35.5. The SMILES string of the molecule is CCCn1ncc(Cl)c1C(NCC)C1CCCC(C)C1. The van der Waals surface area contributed by atoms with Gasteiger partial charge < -0.3 is 5.32 Å². The van der Waals surface area contributed by atoms with Gasteiger partial charge in [0.2, 0.25) is 0 Å². The molecular formula is C16H28ClN3. The molecule has 0 aromatic carbocycles. The van der Waals surface area contributed by atoms with Crippen LogP contribution in [0.3, 0.4) is 0 Å². The molecule has 1 N–H and O–H groups in total. The summed E-state index contributed by atoms with van der Waals surface area (Å²) in [7, 11) is 0. The van der Waals surface area contributed by atoms with Crippen LogP contribution in [0.15, 0.2) is 6.20 Å². The molecule has 4 heteroatoms. The van der Waals surface area contributed by atoms with Gasteiger partial charge in [-0.25, -0.2) is 0 Å². The van der Waals surface area contributed by atoms with Crippen molar-refractivity contribution in [3.63, 3.8) is 0 Å². The third kappa shape index (κ3) is 3.56. The first kappa shape index (κ1) is 15.8. The van der Waals surface area contributed by atoms with Gasteiger partial charge in [-0.3, -0.25) is 4.68 Å². The normalized spacial score (nSPS) is 24.8. The van der Waals surface area contributed by atoms with Gasteiger partial charge in [0.25, 0.3) is 0 Å². The third-order valence-electron chi connectivity index (χ3n) is 4.44. The highest BCUT2D eigenvalue weighted by molar-refractivity contribution is 6.31. The second kappa shape index (κ2) is 7.46. The summed E-state index contributed by atoms with van der Waals surface area (Å²) in [6.07, 6.45) is 8.21. The minimum absolute atomic E-state index is 0.351. The Morgan fingerprint density at radius 1 is 1.45 bits per heavy atom. The monoisotopic (exact) mass is 297 g/mol. The van der Waals surface area contributed by atoms with E-state index in [0.717, 1.165) is 30.5 Å². The zero-order valence-corrected chi connectivity index (χ0v) is 13.8. The molecule has 1 aliphatic carbocycles. The predicted octanol–water partition coefficient (Wildman–Crippen LogP) is 4.42. The van der Waals surface area contributed by atoms with Gasteiger partial charge in [-0.15, -0.1) is 0 Å². The van der Waals surface area contributed by atoms with Gasteiger partial charge in [0, 0.05) is 6.54 Å². The van der Waals surface area contributed by atoms with E-state index in [1.165, 1.54) is 31.4 Å². The van der Waals surface area contributed by atoms with E-state index in [1.807, 2.05) is 6.20 Å². The predicted molar refractivity (Wildman–Crippen MR) is 85.1 cm³/mol. The van der Waals surface area contributed by atoms with E-state index in [4.69, 9.17) is 11.6 Å². The van der Waals surface area contributed by atoms with Crippen molar-refractivity contribution in [1.29, 1.82) is 0 Å². The van der Waals surface area contributed by atoms with Crippen molar-refractivity contribution in [1.82, 2.24) is 15.1 Å². The minimum atomic E-state index is 0.351. The average Bonchev–Trinajstić information content (AvgIpc) is 2.78. The number of hydrogen-bond donors (Lipinski definition) is 1. The number of halogens is 1. The maximum absolute atomic E-state index is 6.44. The number of nitrogens with one attached hydrogen (secondary N) is 1. The van der Waals surface area contributed by atoms with Crippen molar-refractivity contribution in [2.75, 3.05) is 6.54 Å². The summed E-state index contributed by atoms with van der Waals surface area (Å²) < 4.78 is 2.11. The Morgan fingerprint density at radius 2 is 2.25 bits per heavy atom. The van der Waals surface area contributed by atoms with Gasteiger partial charge in [-0.1, -0.05) is 45.2 Å². The molecule has 0 saturated heterocycles. The Kier molecular flexibility index (Phi) is 5.91. The van der Waals surface area contributed by atoms with Crippen molar-refractivity contribution in [2.45, 2.75) is 65.5 Å². The van der Waals surface area contributed by atoms with E-state index < -0.39 is 0 Å². The molecule has 20 heavy (non-hydrogen) atoms. The molecule has 0 bridgehead atoms. The summed E-state index contributed by atoms with van der Waals surface area (Å²) in [5.74, 6) is 1.51. The first-order valence-electron chi connectivity index (χ1n) is 8.11. The summed E-state index contributed by atoms with van der Waals surface area (Å²) >= 11 is 6.44. The zero-order valence-electron chi connectivity index (χ0n) is 13.0. The van der Waals surface area contributed by atoms with Gasteiger partial charge in [-0.05, 0) is 37.6 Å². The fraction of sp³-hybridized carbons (Fsp3) is 0.812. The lowest BCUT2D eigenvalue weighted by molar-refractivity contribution is 0.218. The molecular weight excluding hydrogens is 270 g/mol. The van der Waals surface area contributed by atoms with E-state index in [1.54, 1.807) is 0 Å². The van der Waals surface area contributed by atoms with Crippen molar-refractivity contribution in [2.24, 2.45) is 11.8 Å². The minimum Gasteiger partial charge on any atom is -0.309 e. The summed E-state index contributed by atoms with van der Waals surface area (Å²) in [5.41, 5.74) is 1.20. The summed E-state index contributed by atoms with van der Waals surface area (Å²) in [4.78, 5) is 0. The lowest BCUT2D eigenvalue weighted by Gasteiger charge is -2.34. The molecule has 3 nitrogen and oxygen atoms in total. The number of aryl methyl sites for hydroxylation is 1. The molecule has 1 fully saturated rings. The smallest absolute Gasteiger partial charge is 0.0834 e. The van der Waals surface area contributed by atoms with Crippen LogP contribution in [-0.2, 0) is 6.54 Å². The molecule has 1 aliphatic rings. The topological polar surface area (TPSA) is 29.9 Å². The van der Waals surface area contributed by atoms with Crippen LogP contribution >= 0.6 is 11.6 Å². The number of hydrogen-bond acceptors (Lipinski definition) is 2. The molecule has 2 rings (SSSR count). The molecule has 1 aromatic rings. The van der Waals surface area contributed by atoms with Gasteiger partial charge in [-0.2, -0.15) is 5.10 Å². The van der Waals surface area contributed by atoms with Crippen LogP contribution in [0.5, 0.6) is 0 Å². The van der Waals surface area contributed by atoms with Gasteiger partial charge >= 0.3 is 0 Å². The number of rotatable bonds is 6. The lowest BCUT2D eigenvalue weighted by Crippen LogP contribution is -2.33. The molecule has 3 atom stereocenters. The summed E-state index contributed by atoms with van der Waals surface area (Å²) in [6.45, 7) is 8.66. The first-order chi connectivity index (χ1) is 9.67. The maximum atomic E-state index is 6.44. The van der Waals surface area contributed by atoms with Crippen LogP contribution in [0.4, 0.5) is 0 Å². The van der Waals surface area contributed by atoms with E-state index in [9.17, 15) is 0 Å². The van der Waals surface area contributed by atoms with Crippen molar-refractivity contribution in [3.05, 3.63) is 16.9 Å². The molecule has 0 amide bonds. The van der Waals surface area contributed by atoms with Crippen LogP contribution in [0.1, 0.15) is 64.6 Å². The molecule has 114 valence electrons. The second-order valence-electron chi connectivity index (χ2n) is 6.17. The lowest BCUT2D eigenvalue weighted by atomic mass is 9.77. The Bertz CT molecular complexity index is 416. The molecule has 1 aromatic heterocycles. The number of aromatic nitrogens is 2. The van der Waals surface area contributed by atoms with Gasteiger partial charge in [0.1, 0.15) is 0 Å². The van der Waals surface area contributed by atoms with Crippen molar-refractivity contribution >= 4 is 11.6 Å². The molecule has 0 radical (unpaired) electrons. The molecule has 0 spiro atoms. The van der Waals surface area contributed by atoms with E-state index in [2.05, 4.69) is 35.9 Å². The number of nitrogens with zero attached hydrogens (tertiary/aromatic N) is 2. The first-order valence-corrected chi connectivity index (χ1v) is 8.49. The second-order valence-corrected chi connectivity index (χ2v) is 6.58. The third-order valence-corrected chi connectivity index (χ3v) is 4.73. The largest absolute Gasteiger partial charge is 0.309 e. The standard InChI is InChI=1S/C16H28ClN3/c1-4-9-20-16(14(17)11-19-20)15(18-5-2)13-8-6-7-12(3)10-13/h11-13,15,18H,4-10H2,1-3H3. The van der Waals surface area contributed by atoms with Crippen LogP contribution < -0.4 is 5.32 Å². The summed E-state index contributed by atoms with van der Waals surface area (Å²) in [5, 5.41) is 8.96. The van der Waals surface area contributed by atoms with Gasteiger partial charge in [0.15, 0.2) is 0 Å². The Hall–Kier alpha value is -0.540. The fourth-order valence-corrected chi connectivity index (χ4v) is 3.82. The quantitative estimate of drug-likeness (QED) is 0.842. The zero-order chi connectivity index (χ0) is 14.5. The Balaban J connectivity index is 2.25. The highest BCUT2D eigenvalue weighted by Gasteiger charge is 2.30. The van der Waals surface area contributed by atoms with Gasteiger partial charge in [0.05, 0.1) is 23.0 Å². The molecule has 0 aliphatic heterocycles. The van der Waals surface area contributed by atoms with Crippen LogP contribution in [0.2, 0.25) is 5.02 Å².